The summed E-state index contributed by atoms with van der Waals surface area (Å²) in [6, 6.07) is 3.73. The molecule has 90 valence electrons. The number of hydrogen-bond acceptors (Lipinski definition) is 4. The van der Waals surface area contributed by atoms with Gasteiger partial charge in [-0.2, -0.15) is 0 Å². The molecule has 0 bridgehead atoms. The van der Waals surface area contributed by atoms with Crippen LogP contribution in [0.3, 0.4) is 0 Å². The van der Waals surface area contributed by atoms with Crippen LogP contribution in [0.25, 0.3) is 0 Å². The second-order valence-corrected chi connectivity index (χ2v) is 3.89. The third-order valence-electron chi connectivity index (χ3n) is 2.62. The summed E-state index contributed by atoms with van der Waals surface area (Å²) in [5, 5.41) is 0. The number of amides is 1. The number of oxazole rings is 1. The Morgan fingerprint density at radius 1 is 1.47 bits per heavy atom. The van der Waals surface area contributed by atoms with Gasteiger partial charge in [0.2, 0.25) is 5.91 Å². The molecule has 0 aromatic carbocycles. The third-order valence-corrected chi connectivity index (χ3v) is 2.62. The Kier molecular flexibility index (Phi) is 3.59. The van der Waals surface area contributed by atoms with Crippen molar-refractivity contribution in [1.29, 1.82) is 0 Å². The lowest BCUT2D eigenvalue weighted by molar-refractivity contribution is -0.118. The maximum Gasteiger partial charge on any atom is 0.217 e. The van der Waals surface area contributed by atoms with E-state index in [0.29, 0.717) is 19.3 Å². The van der Waals surface area contributed by atoms with Crippen molar-refractivity contribution in [3.8, 4) is 0 Å². The summed E-state index contributed by atoms with van der Waals surface area (Å²) >= 11 is 0. The monoisotopic (exact) mass is 234 g/mol. The van der Waals surface area contributed by atoms with Gasteiger partial charge in [-0.15, -0.1) is 0 Å². The van der Waals surface area contributed by atoms with Crippen LogP contribution in [0.5, 0.6) is 0 Å². The van der Waals surface area contributed by atoms with E-state index in [4.69, 9.17) is 14.6 Å². The average Bonchev–Trinajstić information content (AvgIpc) is 2.96. The molecule has 0 fully saturated rings. The largest absolute Gasteiger partial charge is 0.469 e. The van der Waals surface area contributed by atoms with E-state index in [9.17, 15) is 4.79 Å². The molecule has 2 aromatic heterocycles. The first-order chi connectivity index (χ1) is 8.25. The molecule has 1 atom stereocenters. The maximum atomic E-state index is 10.8. The molecule has 0 saturated carbocycles. The summed E-state index contributed by atoms with van der Waals surface area (Å²) in [7, 11) is 0. The van der Waals surface area contributed by atoms with Crippen molar-refractivity contribution in [2.45, 2.75) is 25.2 Å². The highest BCUT2D eigenvalue weighted by atomic mass is 16.3. The Morgan fingerprint density at radius 2 is 2.35 bits per heavy atom. The summed E-state index contributed by atoms with van der Waals surface area (Å²) in [6.45, 7) is 0. The Balaban J connectivity index is 2.04. The quantitative estimate of drug-likeness (QED) is 0.826. The topological polar surface area (TPSA) is 82.3 Å². The zero-order chi connectivity index (χ0) is 12.1. The lowest BCUT2D eigenvalue weighted by Gasteiger charge is -2.11. The van der Waals surface area contributed by atoms with Crippen LogP contribution in [0, 0.1) is 0 Å². The van der Waals surface area contributed by atoms with E-state index in [2.05, 4.69) is 4.98 Å². The summed E-state index contributed by atoms with van der Waals surface area (Å²) in [6.07, 6.45) is 6.30. The number of nitrogens with zero attached hydrogens (tertiary/aromatic N) is 1. The predicted octanol–water partition coefficient (Wildman–Crippen LogP) is 1.86. The van der Waals surface area contributed by atoms with Crippen LogP contribution in [0.2, 0.25) is 0 Å². The van der Waals surface area contributed by atoms with Gasteiger partial charge >= 0.3 is 0 Å². The van der Waals surface area contributed by atoms with Crippen molar-refractivity contribution in [2.24, 2.45) is 5.73 Å². The van der Waals surface area contributed by atoms with Gasteiger partial charge in [0.05, 0.1) is 12.5 Å². The Morgan fingerprint density at radius 3 is 2.94 bits per heavy atom. The SMILES string of the molecule is NC(=O)CCC(Cc1ccco1)c1cnco1. The van der Waals surface area contributed by atoms with Crippen molar-refractivity contribution in [2.75, 3.05) is 0 Å². The van der Waals surface area contributed by atoms with Crippen molar-refractivity contribution in [1.82, 2.24) is 4.98 Å². The molecular formula is C12H14N2O3. The number of furan rings is 1. The molecule has 0 saturated heterocycles. The molecule has 0 radical (unpaired) electrons. The highest BCUT2D eigenvalue weighted by molar-refractivity contribution is 5.73. The molecule has 0 aliphatic carbocycles. The summed E-state index contributed by atoms with van der Waals surface area (Å²) in [5.74, 6) is 1.36. The number of carbonyl (C=O) groups is 1. The van der Waals surface area contributed by atoms with Crippen molar-refractivity contribution in [3.05, 3.63) is 42.5 Å². The molecule has 5 nitrogen and oxygen atoms in total. The second kappa shape index (κ2) is 5.34. The van der Waals surface area contributed by atoms with E-state index in [0.717, 1.165) is 11.5 Å². The van der Waals surface area contributed by atoms with E-state index >= 15 is 0 Å². The van der Waals surface area contributed by atoms with Gasteiger partial charge in [-0.1, -0.05) is 0 Å². The van der Waals surface area contributed by atoms with Gasteiger partial charge in [0, 0.05) is 18.8 Å². The normalized spacial score (nSPS) is 12.5. The Labute approximate surface area is 98.6 Å². The molecule has 0 aliphatic rings. The lowest BCUT2D eigenvalue weighted by Crippen LogP contribution is -2.13. The van der Waals surface area contributed by atoms with Gasteiger partial charge in [0.25, 0.3) is 0 Å². The number of primary amides is 1. The Bertz CT molecular complexity index is 448. The summed E-state index contributed by atoms with van der Waals surface area (Å²) < 4.78 is 10.6. The first kappa shape index (κ1) is 11.4. The predicted molar refractivity (Wildman–Crippen MR) is 60.1 cm³/mol. The van der Waals surface area contributed by atoms with Gasteiger partial charge in [-0.3, -0.25) is 4.79 Å². The lowest BCUT2D eigenvalue weighted by atomic mass is 9.95. The summed E-state index contributed by atoms with van der Waals surface area (Å²) in [5.41, 5.74) is 5.16. The molecule has 2 rings (SSSR count). The fourth-order valence-corrected chi connectivity index (χ4v) is 1.76. The number of carbonyl (C=O) groups excluding carboxylic acids is 1. The van der Waals surface area contributed by atoms with Gasteiger partial charge < -0.3 is 14.6 Å². The fraction of sp³-hybridized carbons (Fsp3) is 0.333. The minimum absolute atomic E-state index is 0.0659. The summed E-state index contributed by atoms with van der Waals surface area (Å²) in [4.78, 5) is 14.7. The Hall–Kier alpha value is -2.04. The molecule has 5 heteroatoms. The zero-order valence-corrected chi connectivity index (χ0v) is 9.33. The third kappa shape index (κ3) is 3.21. The van der Waals surface area contributed by atoms with Crippen LogP contribution in [-0.4, -0.2) is 10.9 Å². The highest BCUT2D eigenvalue weighted by Crippen LogP contribution is 2.25. The number of aromatic nitrogens is 1. The number of nitrogens with two attached hydrogens (primary N) is 1. The fourth-order valence-electron chi connectivity index (χ4n) is 1.76. The second-order valence-electron chi connectivity index (χ2n) is 3.89. The first-order valence-corrected chi connectivity index (χ1v) is 5.45. The van der Waals surface area contributed by atoms with E-state index in [1.807, 2.05) is 12.1 Å². The molecule has 0 spiro atoms. The number of rotatable bonds is 6. The van der Waals surface area contributed by atoms with Gasteiger partial charge in [0.15, 0.2) is 6.39 Å². The van der Waals surface area contributed by atoms with Gasteiger partial charge in [0.1, 0.15) is 11.5 Å². The average molecular weight is 234 g/mol. The van der Waals surface area contributed by atoms with Crippen molar-refractivity contribution in [3.63, 3.8) is 0 Å². The molecule has 17 heavy (non-hydrogen) atoms. The minimum Gasteiger partial charge on any atom is -0.469 e. The van der Waals surface area contributed by atoms with Gasteiger partial charge in [-0.25, -0.2) is 4.98 Å². The van der Waals surface area contributed by atoms with Crippen molar-refractivity contribution >= 4 is 5.91 Å². The first-order valence-electron chi connectivity index (χ1n) is 5.45. The molecule has 1 amide bonds. The van der Waals surface area contributed by atoms with E-state index < -0.39 is 0 Å². The van der Waals surface area contributed by atoms with Crippen LogP contribution in [0.1, 0.15) is 30.3 Å². The molecule has 1 unspecified atom stereocenters. The zero-order valence-electron chi connectivity index (χ0n) is 9.33. The number of hydrogen-bond donors (Lipinski definition) is 1. The van der Waals surface area contributed by atoms with E-state index in [1.165, 1.54) is 6.39 Å². The maximum absolute atomic E-state index is 10.8. The van der Waals surface area contributed by atoms with Crippen LogP contribution in [0.4, 0.5) is 0 Å². The smallest absolute Gasteiger partial charge is 0.217 e. The standard InChI is InChI=1S/C12H14N2O3/c13-12(15)4-3-9(11-7-14-8-17-11)6-10-2-1-5-16-10/h1-2,5,7-9H,3-4,6H2,(H2,13,15). The van der Waals surface area contributed by atoms with E-state index in [1.54, 1.807) is 12.5 Å². The molecule has 0 aliphatic heterocycles. The van der Waals surface area contributed by atoms with Crippen LogP contribution < -0.4 is 5.73 Å². The highest BCUT2D eigenvalue weighted by Gasteiger charge is 2.18. The van der Waals surface area contributed by atoms with Gasteiger partial charge in [-0.05, 0) is 18.6 Å². The van der Waals surface area contributed by atoms with Crippen LogP contribution in [0.15, 0.2) is 39.8 Å². The molecule has 2 N–H and O–H groups in total. The minimum atomic E-state index is -0.311. The van der Waals surface area contributed by atoms with E-state index in [-0.39, 0.29) is 11.8 Å². The molecular weight excluding hydrogens is 220 g/mol. The van der Waals surface area contributed by atoms with Crippen molar-refractivity contribution < 1.29 is 13.6 Å². The molecule has 2 heterocycles. The molecule has 2 aromatic rings. The van der Waals surface area contributed by atoms with Crippen LogP contribution in [-0.2, 0) is 11.2 Å². The van der Waals surface area contributed by atoms with Crippen LogP contribution >= 0.6 is 0 Å².